The van der Waals surface area contributed by atoms with Crippen LogP contribution >= 0.6 is 0 Å². The number of rotatable bonds is 6. The summed E-state index contributed by atoms with van der Waals surface area (Å²) in [6, 6.07) is 26.1. The lowest BCUT2D eigenvalue weighted by atomic mass is 9.92. The monoisotopic (exact) mass is 456 g/mol. The summed E-state index contributed by atoms with van der Waals surface area (Å²) in [5.74, 6) is -1.60. The Bertz CT molecular complexity index is 1130. The number of hydrogen-bond donors (Lipinski definition) is 2. The minimum atomic E-state index is -0.901. The number of hydrogen-bond acceptors (Lipinski definition) is 4. The molecule has 0 aromatic heterocycles. The van der Waals surface area contributed by atoms with Crippen molar-refractivity contribution < 1.29 is 19.4 Å². The fourth-order valence-corrected chi connectivity index (χ4v) is 5.14. The molecule has 0 bridgehead atoms. The Hall–Kier alpha value is -3.64. The molecule has 1 saturated heterocycles. The van der Waals surface area contributed by atoms with Crippen molar-refractivity contribution in [1.29, 1.82) is 0 Å². The molecular formula is C28H28N2O4. The van der Waals surface area contributed by atoms with E-state index in [-0.39, 0.29) is 25.1 Å². The summed E-state index contributed by atoms with van der Waals surface area (Å²) in [4.78, 5) is 26.4. The van der Waals surface area contributed by atoms with Crippen molar-refractivity contribution in [3.05, 3.63) is 95.6 Å². The summed E-state index contributed by atoms with van der Waals surface area (Å²) >= 11 is 0. The predicted molar refractivity (Wildman–Crippen MR) is 129 cm³/mol. The molecule has 2 aliphatic rings. The highest BCUT2D eigenvalue weighted by atomic mass is 16.6. The fraction of sp³-hybridized carbons (Fsp3) is 0.286. The van der Waals surface area contributed by atoms with Crippen molar-refractivity contribution >= 4 is 12.1 Å². The van der Waals surface area contributed by atoms with E-state index in [0.717, 1.165) is 16.7 Å². The summed E-state index contributed by atoms with van der Waals surface area (Å²) in [6.45, 7) is 1.43. The molecule has 0 saturated carbocycles. The molecule has 0 radical (unpaired) electrons. The average Bonchev–Trinajstić information content (AvgIpc) is 3.20. The lowest BCUT2D eigenvalue weighted by Gasteiger charge is -2.36. The van der Waals surface area contributed by atoms with E-state index < -0.39 is 18.0 Å². The van der Waals surface area contributed by atoms with Gasteiger partial charge in [-0.2, -0.15) is 0 Å². The average molecular weight is 457 g/mol. The maximum absolute atomic E-state index is 12.9. The highest BCUT2D eigenvalue weighted by Crippen LogP contribution is 2.44. The molecule has 5 rings (SSSR count). The van der Waals surface area contributed by atoms with Gasteiger partial charge in [-0.05, 0) is 34.2 Å². The van der Waals surface area contributed by atoms with Gasteiger partial charge in [-0.25, -0.2) is 4.79 Å². The maximum Gasteiger partial charge on any atom is 0.409 e. The number of carboxylic acid groups (broad SMARTS) is 1. The Morgan fingerprint density at radius 2 is 1.53 bits per heavy atom. The van der Waals surface area contributed by atoms with Crippen molar-refractivity contribution in [2.75, 3.05) is 19.7 Å². The number of carboxylic acids is 1. The molecule has 3 aromatic carbocycles. The van der Waals surface area contributed by atoms with Gasteiger partial charge in [-0.1, -0.05) is 78.9 Å². The third-order valence-corrected chi connectivity index (χ3v) is 6.94. The van der Waals surface area contributed by atoms with Gasteiger partial charge < -0.3 is 20.1 Å². The largest absolute Gasteiger partial charge is 0.481 e. The summed E-state index contributed by atoms with van der Waals surface area (Å²) in [5.41, 5.74) is 5.77. The van der Waals surface area contributed by atoms with Gasteiger partial charge in [0.15, 0.2) is 0 Å². The fourth-order valence-electron chi connectivity index (χ4n) is 5.14. The molecule has 2 atom stereocenters. The van der Waals surface area contributed by atoms with Crippen molar-refractivity contribution in [3.63, 3.8) is 0 Å². The molecule has 6 nitrogen and oxygen atoms in total. The van der Waals surface area contributed by atoms with Crippen LogP contribution in [-0.2, 0) is 16.1 Å². The van der Waals surface area contributed by atoms with Crippen LogP contribution < -0.4 is 5.32 Å². The van der Waals surface area contributed by atoms with Crippen LogP contribution in [0.2, 0.25) is 0 Å². The lowest BCUT2D eigenvalue weighted by Crippen LogP contribution is -2.53. The molecule has 0 spiro atoms. The zero-order chi connectivity index (χ0) is 23.5. The van der Waals surface area contributed by atoms with Crippen molar-refractivity contribution in [3.8, 4) is 11.1 Å². The molecule has 1 amide bonds. The summed E-state index contributed by atoms with van der Waals surface area (Å²) in [6.07, 6.45) is 0.114. The summed E-state index contributed by atoms with van der Waals surface area (Å²) in [7, 11) is 0. The van der Waals surface area contributed by atoms with Crippen LogP contribution in [0.5, 0.6) is 0 Å². The molecule has 1 aliphatic carbocycles. The smallest absolute Gasteiger partial charge is 0.409 e. The zero-order valence-corrected chi connectivity index (χ0v) is 18.9. The van der Waals surface area contributed by atoms with Crippen LogP contribution in [-0.4, -0.2) is 47.8 Å². The number of carbonyl (C=O) groups is 2. The molecule has 34 heavy (non-hydrogen) atoms. The number of ether oxygens (including phenoxy) is 1. The van der Waals surface area contributed by atoms with E-state index >= 15 is 0 Å². The topological polar surface area (TPSA) is 78.9 Å². The van der Waals surface area contributed by atoms with Crippen LogP contribution in [0.15, 0.2) is 78.9 Å². The second kappa shape index (κ2) is 9.69. The molecular weight excluding hydrogens is 428 g/mol. The molecule has 3 aromatic rings. The number of amides is 1. The predicted octanol–water partition coefficient (Wildman–Crippen LogP) is 4.50. The van der Waals surface area contributed by atoms with Gasteiger partial charge in [0.05, 0.1) is 5.92 Å². The van der Waals surface area contributed by atoms with Crippen LogP contribution in [0, 0.1) is 5.92 Å². The maximum atomic E-state index is 12.9. The number of nitrogens with one attached hydrogen (secondary N) is 1. The van der Waals surface area contributed by atoms with Crippen LogP contribution in [0.1, 0.15) is 29.0 Å². The first-order valence-corrected chi connectivity index (χ1v) is 11.7. The first kappa shape index (κ1) is 22.2. The van der Waals surface area contributed by atoms with Gasteiger partial charge in [0.2, 0.25) is 0 Å². The first-order chi connectivity index (χ1) is 16.6. The number of carbonyl (C=O) groups excluding carboxylic acids is 1. The third-order valence-electron chi connectivity index (χ3n) is 6.94. The molecule has 2 N–H and O–H groups in total. The Morgan fingerprint density at radius 3 is 2.18 bits per heavy atom. The number of nitrogens with zero attached hydrogens (tertiary/aromatic N) is 1. The van der Waals surface area contributed by atoms with E-state index in [1.54, 1.807) is 0 Å². The van der Waals surface area contributed by atoms with Gasteiger partial charge in [-0.15, -0.1) is 0 Å². The number of benzene rings is 3. The Balaban J connectivity index is 1.22. The van der Waals surface area contributed by atoms with Crippen LogP contribution in [0.25, 0.3) is 11.1 Å². The molecule has 1 fully saturated rings. The molecule has 174 valence electrons. The third kappa shape index (κ3) is 4.41. The number of fused-ring (bicyclic) bond motifs is 3. The normalized spacial score (nSPS) is 19.4. The van der Waals surface area contributed by atoms with Crippen molar-refractivity contribution in [1.82, 2.24) is 10.2 Å². The van der Waals surface area contributed by atoms with Gasteiger partial charge in [0.25, 0.3) is 0 Å². The quantitative estimate of drug-likeness (QED) is 0.571. The van der Waals surface area contributed by atoms with Crippen LogP contribution in [0.3, 0.4) is 0 Å². The standard InChI is InChI=1S/C28H28N2O4/c31-27(32)24-17-30(15-14-26(24)29-16-19-8-2-1-3-9-19)28(33)34-18-25-22-12-6-4-10-20(22)21-11-5-7-13-23(21)25/h1-13,24-26,29H,14-18H2,(H,31,32)/t24-,26+/m0/s1. The summed E-state index contributed by atoms with van der Waals surface area (Å²) < 4.78 is 5.75. The Morgan fingerprint density at radius 1 is 0.912 bits per heavy atom. The molecule has 6 heteroatoms. The highest BCUT2D eigenvalue weighted by molar-refractivity contribution is 5.79. The SMILES string of the molecule is O=C(O)[C@H]1CN(C(=O)OCC2c3ccccc3-c3ccccc32)CC[C@H]1NCc1ccccc1. The Labute approximate surface area is 199 Å². The van der Waals surface area contributed by atoms with Gasteiger partial charge in [0, 0.05) is 31.6 Å². The van der Waals surface area contributed by atoms with Crippen molar-refractivity contribution in [2.45, 2.75) is 24.9 Å². The van der Waals surface area contributed by atoms with E-state index in [1.807, 2.05) is 54.6 Å². The van der Waals surface area contributed by atoms with Crippen molar-refractivity contribution in [2.24, 2.45) is 5.92 Å². The molecule has 1 aliphatic heterocycles. The lowest BCUT2D eigenvalue weighted by molar-refractivity contribution is -0.144. The summed E-state index contributed by atoms with van der Waals surface area (Å²) in [5, 5.41) is 13.2. The second-order valence-corrected chi connectivity index (χ2v) is 8.96. The molecule has 1 heterocycles. The second-order valence-electron chi connectivity index (χ2n) is 8.96. The van der Waals surface area contributed by atoms with E-state index in [0.29, 0.717) is 19.5 Å². The van der Waals surface area contributed by atoms with E-state index in [9.17, 15) is 14.7 Å². The number of aliphatic carboxylic acids is 1. The Kier molecular flexibility index (Phi) is 6.32. The van der Waals surface area contributed by atoms with E-state index in [2.05, 4.69) is 29.6 Å². The van der Waals surface area contributed by atoms with Gasteiger partial charge in [-0.3, -0.25) is 4.79 Å². The molecule has 0 unspecified atom stereocenters. The minimum Gasteiger partial charge on any atom is -0.481 e. The number of piperidine rings is 1. The van der Waals surface area contributed by atoms with Gasteiger partial charge in [0.1, 0.15) is 6.61 Å². The van der Waals surface area contributed by atoms with Gasteiger partial charge >= 0.3 is 12.1 Å². The first-order valence-electron chi connectivity index (χ1n) is 11.7. The minimum absolute atomic E-state index is 0.0169. The number of likely N-dealkylation sites (tertiary alicyclic amines) is 1. The zero-order valence-electron chi connectivity index (χ0n) is 18.9. The highest BCUT2D eigenvalue weighted by Gasteiger charge is 2.37. The van der Waals surface area contributed by atoms with Crippen LogP contribution in [0.4, 0.5) is 4.79 Å². The van der Waals surface area contributed by atoms with E-state index in [1.165, 1.54) is 16.0 Å². The van der Waals surface area contributed by atoms with E-state index in [4.69, 9.17) is 4.74 Å².